The largest absolute Gasteiger partial charge is 0.573 e. The van der Waals surface area contributed by atoms with Crippen LogP contribution >= 0.6 is 0 Å². The van der Waals surface area contributed by atoms with Crippen LogP contribution in [-0.2, 0) is 0 Å². The van der Waals surface area contributed by atoms with E-state index in [9.17, 15) is 22.4 Å². The number of para-hydroxylation sites is 1. The Morgan fingerprint density at radius 2 is 1.75 bits per heavy atom. The van der Waals surface area contributed by atoms with Gasteiger partial charge in [0.25, 0.3) is 5.91 Å². The lowest BCUT2D eigenvalue weighted by molar-refractivity contribution is -0.274. The van der Waals surface area contributed by atoms with Crippen molar-refractivity contribution >= 4 is 5.91 Å². The number of nitrogens with zero attached hydrogens (tertiary/aromatic N) is 1. The zero-order chi connectivity index (χ0) is 20.1. The molecule has 150 valence electrons. The molecule has 0 unspecified atom stereocenters. The number of hydrogen-bond acceptors (Lipinski definition) is 3. The molecule has 8 heteroatoms. The van der Waals surface area contributed by atoms with E-state index >= 15 is 0 Å². The summed E-state index contributed by atoms with van der Waals surface area (Å²) < 4.78 is 60.2. The molecule has 1 saturated carbocycles. The number of carbonyl (C=O) groups is 1. The molecule has 2 aromatic carbocycles. The Morgan fingerprint density at radius 3 is 2.39 bits per heavy atom. The van der Waals surface area contributed by atoms with Crippen molar-refractivity contribution in [2.75, 3.05) is 13.2 Å². The van der Waals surface area contributed by atoms with E-state index in [2.05, 4.69) is 4.74 Å². The highest BCUT2D eigenvalue weighted by Crippen LogP contribution is 2.32. The fourth-order valence-corrected chi connectivity index (χ4v) is 2.80. The van der Waals surface area contributed by atoms with Crippen LogP contribution in [0, 0.1) is 5.82 Å². The summed E-state index contributed by atoms with van der Waals surface area (Å²) in [5.41, 5.74) is -0.119. The molecule has 3 rings (SSSR count). The molecule has 1 amide bonds. The van der Waals surface area contributed by atoms with Crippen LogP contribution in [0.5, 0.6) is 11.5 Å². The summed E-state index contributed by atoms with van der Waals surface area (Å²) in [5.74, 6) is -0.857. The van der Waals surface area contributed by atoms with Crippen LogP contribution in [0.2, 0.25) is 0 Å². The third kappa shape index (κ3) is 5.61. The second-order valence-electron chi connectivity index (χ2n) is 6.43. The molecular weight excluding hydrogens is 378 g/mol. The first kappa shape index (κ1) is 20.0. The number of hydrogen-bond donors (Lipinski definition) is 0. The van der Waals surface area contributed by atoms with E-state index in [1.807, 2.05) is 0 Å². The Labute approximate surface area is 159 Å². The maximum atomic E-state index is 12.9. The molecule has 1 fully saturated rings. The van der Waals surface area contributed by atoms with Crippen LogP contribution in [0.25, 0.3) is 0 Å². The van der Waals surface area contributed by atoms with Crippen LogP contribution in [0.1, 0.15) is 29.6 Å². The minimum atomic E-state index is -4.87. The number of rotatable bonds is 8. The van der Waals surface area contributed by atoms with Gasteiger partial charge in [0.05, 0.1) is 12.2 Å². The average molecular weight is 397 g/mol. The van der Waals surface area contributed by atoms with Gasteiger partial charge in [-0.1, -0.05) is 12.1 Å². The highest BCUT2D eigenvalue weighted by atomic mass is 19.4. The van der Waals surface area contributed by atoms with Gasteiger partial charge in [0.2, 0.25) is 0 Å². The molecule has 0 aliphatic heterocycles. The van der Waals surface area contributed by atoms with Gasteiger partial charge in [-0.05, 0) is 55.7 Å². The minimum absolute atomic E-state index is 0.0114. The Bertz CT molecular complexity index is 804. The van der Waals surface area contributed by atoms with E-state index in [0.717, 1.165) is 18.9 Å². The minimum Gasteiger partial charge on any atom is -0.494 e. The molecule has 1 aliphatic rings. The Morgan fingerprint density at radius 1 is 1.07 bits per heavy atom. The van der Waals surface area contributed by atoms with Gasteiger partial charge in [0, 0.05) is 12.6 Å². The molecular formula is C20H19F4NO3. The fourth-order valence-electron chi connectivity index (χ4n) is 2.80. The summed E-state index contributed by atoms with van der Waals surface area (Å²) in [4.78, 5) is 14.4. The van der Waals surface area contributed by atoms with Crippen LogP contribution < -0.4 is 9.47 Å². The number of amides is 1. The van der Waals surface area contributed by atoms with Gasteiger partial charge >= 0.3 is 6.36 Å². The smallest absolute Gasteiger partial charge is 0.494 e. The van der Waals surface area contributed by atoms with Gasteiger partial charge in [0.1, 0.15) is 17.3 Å². The third-order valence-corrected chi connectivity index (χ3v) is 4.22. The van der Waals surface area contributed by atoms with Crippen molar-refractivity contribution in [1.29, 1.82) is 0 Å². The quantitative estimate of drug-likeness (QED) is 0.475. The zero-order valence-corrected chi connectivity index (χ0v) is 14.9. The maximum absolute atomic E-state index is 12.9. The summed E-state index contributed by atoms with van der Waals surface area (Å²) in [6.45, 7) is 0.633. The number of carbonyl (C=O) groups excluding carboxylic acids is 1. The molecule has 28 heavy (non-hydrogen) atoms. The van der Waals surface area contributed by atoms with Crippen LogP contribution in [0.15, 0.2) is 48.5 Å². The van der Waals surface area contributed by atoms with Crippen molar-refractivity contribution in [1.82, 2.24) is 4.90 Å². The molecule has 0 saturated heterocycles. The first-order valence-corrected chi connectivity index (χ1v) is 8.87. The molecule has 0 atom stereocenters. The lowest BCUT2D eigenvalue weighted by Gasteiger charge is -2.24. The first-order chi connectivity index (χ1) is 13.3. The molecule has 0 N–H and O–H groups in total. The molecule has 4 nitrogen and oxygen atoms in total. The number of halogens is 4. The third-order valence-electron chi connectivity index (χ3n) is 4.22. The summed E-state index contributed by atoms with van der Waals surface area (Å²) in [7, 11) is 0. The fraction of sp³-hybridized carbons (Fsp3) is 0.350. The second kappa shape index (κ2) is 8.50. The van der Waals surface area contributed by atoms with Crippen molar-refractivity contribution in [3.05, 3.63) is 59.9 Å². The van der Waals surface area contributed by atoms with Crippen LogP contribution in [0.4, 0.5) is 17.6 Å². The normalized spacial score (nSPS) is 13.9. The predicted octanol–water partition coefficient (Wildman–Crippen LogP) is 4.80. The molecule has 1 aliphatic carbocycles. The van der Waals surface area contributed by atoms with Gasteiger partial charge in [0.15, 0.2) is 0 Å². The van der Waals surface area contributed by atoms with E-state index < -0.39 is 18.0 Å². The van der Waals surface area contributed by atoms with Crippen LogP contribution in [0.3, 0.4) is 0 Å². The Kier molecular flexibility index (Phi) is 6.06. The lowest BCUT2D eigenvalue weighted by atomic mass is 10.1. The standard InChI is InChI=1S/C20H19F4NO3/c21-14-6-10-16(11-7-14)27-13-3-12-25(15-8-9-15)19(26)17-4-1-2-5-18(17)28-20(22,23)24/h1-2,4-7,10-11,15H,3,8-9,12-13H2. The average Bonchev–Trinajstić information content (AvgIpc) is 3.47. The summed E-state index contributed by atoms with van der Waals surface area (Å²) in [5, 5.41) is 0. The van der Waals surface area contributed by atoms with E-state index in [1.54, 1.807) is 4.90 Å². The number of ether oxygens (including phenoxy) is 2. The van der Waals surface area contributed by atoms with Crippen molar-refractivity contribution in [2.45, 2.75) is 31.7 Å². The second-order valence-corrected chi connectivity index (χ2v) is 6.43. The summed E-state index contributed by atoms with van der Waals surface area (Å²) in [6, 6.07) is 10.9. The van der Waals surface area contributed by atoms with Crippen molar-refractivity contribution in [3.8, 4) is 11.5 Å². The van der Waals surface area contributed by atoms with Gasteiger partial charge in [-0.15, -0.1) is 13.2 Å². The van der Waals surface area contributed by atoms with Crippen molar-refractivity contribution in [3.63, 3.8) is 0 Å². The van der Waals surface area contributed by atoms with Crippen molar-refractivity contribution in [2.24, 2.45) is 0 Å². The monoisotopic (exact) mass is 397 g/mol. The van der Waals surface area contributed by atoms with E-state index in [0.29, 0.717) is 25.3 Å². The zero-order valence-electron chi connectivity index (χ0n) is 14.9. The highest BCUT2D eigenvalue weighted by molar-refractivity contribution is 5.97. The predicted molar refractivity (Wildman–Crippen MR) is 93.7 cm³/mol. The van der Waals surface area contributed by atoms with E-state index in [4.69, 9.17) is 4.74 Å². The van der Waals surface area contributed by atoms with Crippen molar-refractivity contribution < 1.29 is 31.8 Å². The molecule has 0 spiro atoms. The summed E-state index contributed by atoms with van der Waals surface area (Å²) in [6.07, 6.45) is -2.76. The molecule has 0 bridgehead atoms. The Balaban J connectivity index is 1.61. The molecule has 2 aromatic rings. The highest BCUT2D eigenvalue weighted by Gasteiger charge is 2.36. The lowest BCUT2D eigenvalue weighted by Crippen LogP contribution is -2.35. The number of alkyl halides is 3. The summed E-state index contributed by atoms with van der Waals surface area (Å²) >= 11 is 0. The van der Waals surface area contributed by atoms with Gasteiger partial charge in [-0.25, -0.2) is 4.39 Å². The Hall–Kier alpha value is -2.77. The van der Waals surface area contributed by atoms with Gasteiger partial charge < -0.3 is 14.4 Å². The maximum Gasteiger partial charge on any atom is 0.573 e. The SMILES string of the molecule is O=C(c1ccccc1OC(F)(F)F)N(CCCOc1ccc(F)cc1)C1CC1. The molecule has 0 aromatic heterocycles. The van der Waals surface area contributed by atoms with Gasteiger partial charge in [-0.3, -0.25) is 4.79 Å². The number of benzene rings is 2. The van der Waals surface area contributed by atoms with E-state index in [1.165, 1.54) is 42.5 Å². The first-order valence-electron chi connectivity index (χ1n) is 8.87. The van der Waals surface area contributed by atoms with E-state index in [-0.39, 0.29) is 17.4 Å². The topological polar surface area (TPSA) is 38.8 Å². The molecule has 0 heterocycles. The van der Waals surface area contributed by atoms with Gasteiger partial charge in [-0.2, -0.15) is 0 Å². The van der Waals surface area contributed by atoms with Crippen LogP contribution in [-0.4, -0.2) is 36.4 Å². The molecule has 0 radical (unpaired) electrons.